The first-order chi connectivity index (χ1) is 8.79. The van der Waals surface area contributed by atoms with E-state index >= 15 is 0 Å². The number of nitriles is 1. The number of ether oxygens (including phenoxy) is 2. The Bertz CT molecular complexity index is 444. The van der Waals surface area contributed by atoms with Crippen LogP contribution in [0.3, 0.4) is 0 Å². The molecule has 0 unspecified atom stereocenters. The monoisotopic (exact) mass is 246 g/mol. The second-order valence-corrected chi connectivity index (χ2v) is 4.02. The topological polar surface area (TPSA) is 71.3 Å². The summed E-state index contributed by atoms with van der Waals surface area (Å²) in [6.45, 7) is 1.17. The first-order valence-electron chi connectivity index (χ1n) is 5.78. The minimum absolute atomic E-state index is 0.0156. The van der Waals surface area contributed by atoms with E-state index in [0.717, 1.165) is 12.1 Å². The number of carbonyl (C=O) groups is 1. The van der Waals surface area contributed by atoms with Crippen LogP contribution >= 0.6 is 0 Å². The summed E-state index contributed by atoms with van der Waals surface area (Å²) in [6.07, 6.45) is 0.773. The van der Waals surface area contributed by atoms with Gasteiger partial charge in [0.25, 0.3) is 0 Å². The average molecular weight is 246 g/mol. The van der Waals surface area contributed by atoms with Crippen LogP contribution in [0.5, 0.6) is 5.75 Å². The molecule has 1 fully saturated rings. The molecular weight excluding hydrogens is 232 g/mol. The van der Waals surface area contributed by atoms with Crippen molar-refractivity contribution in [2.75, 3.05) is 25.1 Å². The van der Waals surface area contributed by atoms with Gasteiger partial charge in [-0.2, -0.15) is 5.26 Å². The van der Waals surface area contributed by atoms with Crippen LogP contribution in [-0.4, -0.2) is 25.7 Å². The molecule has 1 N–H and O–H groups in total. The third-order valence-electron chi connectivity index (χ3n) is 2.73. The van der Waals surface area contributed by atoms with Gasteiger partial charge in [-0.05, 0) is 30.7 Å². The van der Waals surface area contributed by atoms with Gasteiger partial charge in [0.2, 0.25) is 5.91 Å². The van der Waals surface area contributed by atoms with Crippen LogP contribution in [0, 0.1) is 17.2 Å². The van der Waals surface area contributed by atoms with Crippen LogP contribution in [0.4, 0.5) is 5.69 Å². The lowest BCUT2D eigenvalue weighted by Gasteiger charge is -2.09. The molecule has 0 spiro atoms. The highest BCUT2D eigenvalue weighted by Crippen LogP contribution is 2.18. The Labute approximate surface area is 105 Å². The number of benzene rings is 1. The molecular formula is C13H14N2O3. The molecule has 1 aromatic rings. The number of nitrogens with one attached hydrogen (secondary N) is 1. The fraction of sp³-hybridized carbons (Fsp3) is 0.385. The minimum atomic E-state index is -0.0560. The van der Waals surface area contributed by atoms with Crippen molar-refractivity contribution >= 4 is 11.6 Å². The Balaban J connectivity index is 1.89. The fourth-order valence-corrected chi connectivity index (χ4v) is 1.74. The molecule has 18 heavy (non-hydrogen) atoms. The van der Waals surface area contributed by atoms with Gasteiger partial charge in [0.15, 0.2) is 6.61 Å². The van der Waals surface area contributed by atoms with Crippen LogP contribution in [0.1, 0.15) is 6.42 Å². The predicted octanol–water partition coefficient (Wildman–Crippen LogP) is 1.56. The number of amides is 1. The lowest BCUT2D eigenvalue weighted by Crippen LogP contribution is -2.22. The zero-order chi connectivity index (χ0) is 12.8. The third-order valence-corrected chi connectivity index (χ3v) is 2.73. The maximum absolute atomic E-state index is 11.8. The van der Waals surface area contributed by atoms with Crippen LogP contribution in [-0.2, 0) is 9.53 Å². The summed E-state index contributed by atoms with van der Waals surface area (Å²) in [7, 11) is 0. The molecule has 1 aliphatic heterocycles. The van der Waals surface area contributed by atoms with Crippen LogP contribution < -0.4 is 10.1 Å². The van der Waals surface area contributed by atoms with E-state index in [1.165, 1.54) is 0 Å². The number of rotatable bonds is 4. The maximum Gasteiger partial charge on any atom is 0.229 e. The summed E-state index contributed by atoms with van der Waals surface area (Å²) in [6, 6.07) is 8.84. The summed E-state index contributed by atoms with van der Waals surface area (Å²) >= 11 is 0. The molecule has 1 heterocycles. The van der Waals surface area contributed by atoms with Gasteiger partial charge >= 0.3 is 0 Å². The van der Waals surface area contributed by atoms with E-state index in [-0.39, 0.29) is 18.4 Å². The number of anilines is 1. The molecule has 2 rings (SSSR count). The minimum Gasteiger partial charge on any atom is -0.479 e. The van der Waals surface area contributed by atoms with E-state index in [9.17, 15) is 4.79 Å². The molecule has 1 saturated heterocycles. The molecule has 0 bridgehead atoms. The lowest BCUT2D eigenvalue weighted by atomic mass is 10.1. The lowest BCUT2D eigenvalue weighted by molar-refractivity contribution is -0.119. The molecule has 1 aromatic carbocycles. The first-order valence-corrected chi connectivity index (χ1v) is 5.78. The number of hydrogen-bond acceptors (Lipinski definition) is 4. The molecule has 5 nitrogen and oxygen atoms in total. The number of carbonyl (C=O) groups excluding carboxylic acids is 1. The van der Waals surface area contributed by atoms with Crippen LogP contribution in [0.2, 0.25) is 0 Å². The van der Waals surface area contributed by atoms with E-state index in [2.05, 4.69) is 5.32 Å². The zero-order valence-corrected chi connectivity index (χ0v) is 9.89. The molecule has 94 valence electrons. The highest BCUT2D eigenvalue weighted by atomic mass is 16.5. The van der Waals surface area contributed by atoms with Gasteiger partial charge in [-0.1, -0.05) is 0 Å². The van der Waals surface area contributed by atoms with Gasteiger partial charge in [-0.15, -0.1) is 0 Å². The number of nitrogens with zero attached hydrogens (tertiary/aromatic N) is 1. The Morgan fingerprint density at radius 3 is 2.89 bits per heavy atom. The molecule has 0 radical (unpaired) electrons. The Hall–Kier alpha value is -2.06. The summed E-state index contributed by atoms with van der Waals surface area (Å²) in [4.78, 5) is 11.8. The van der Waals surface area contributed by atoms with Gasteiger partial charge in [-0.3, -0.25) is 4.79 Å². The standard InChI is InChI=1S/C13H14N2O3/c14-6-8-18-12-3-1-11(2-4-12)15-13(16)10-5-7-17-9-10/h1-4,10H,5,7-9H2,(H,15,16)/t10-/m0/s1. The summed E-state index contributed by atoms with van der Waals surface area (Å²) in [5, 5.41) is 11.2. The summed E-state index contributed by atoms with van der Waals surface area (Å²) in [5.41, 5.74) is 0.719. The van der Waals surface area contributed by atoms with Gasteiger partial charge in [-0.25, -0.2) is 0 Å². The summed E-state index contributed by atoms with van der Waals surface area (Å²) < 4.78 is 10.3. The van der Waals surface area contributed by atoms with Gasteiger partial charge in [0.05, 0.1) is 12.5 Å². The van der Waals surface area contributed by atoms with Crippen molar-refractivity contribution in [3.63, 3.8) is 0 Å². The first kappa shape index (κ1) is 12.4. The molecule has 1 amide bonds. The molecule has 0 aromatic heterocycles. The quantitative estimate of drug-likeness (QED) is 0.875. The molecule has 0 aliphatic carbocycles. The van der Waals surface area contributed by atoms with Crippen molar-refractivity contribution in [2.24, 2.45) is 5.92 Å². The molecule has 5 heteroatoms. The van der Waals surface area contributed by atoms with Crippen molar-refractivity contribution in [3.05, 3.63) is 24.3 Å². The van der Waals surface area contributed by atoms with Crippen LogP contribution in [0.25, 0.3) is 0 Å². The van der Waals surface area contributed by atoms with Crippen molar-refractivity contribution in [1.82, 2.24) is 0 Å². The van der Waals surface area contributed by atoms with E-state index in [1.54, 1.807) is 24.3 Å². The Morgan fingerprint density at radius 1 is 1.50 bits per heavy atom. The third kappa shape index (κ3) is 3.22. The Kier molecular flexibility index (Phi) is 4.15. The smallest absolute Gasteiger partial charge is 0.229 e. The number of hydrogen-bond donors (Lipinski definition) is 1. The highest BCUT2D eigenvalue weighted by Gasteiger charge is 2.23. The highest BCUT2D eigenvalue weighted by molar-refractivity contribution is 5.92. The van der Waals surface area contributed by atoms with E-state index in [4.69, 9.17) is 14.7 Å². The second kappa shape index (κ2) is 6.03. The summed E-state index contributed by atoms with van der Waals surface area (Å²) in [5.74, 6) is 0.538. The van der Waals surface area contributed by atoms with Gasteiger partial charge in [0.1, 0.15) is 11.8 Å². The van der Waals surface area contributed by atoms with E-state index < -0.39 is 0 Å². The predicted molar refractivity (Wildman–Crippen MR) is 65.1 cm³/mol. The molecule has 1 aliphatic rings. The van der Waals surface area contributed by atoms with Crippen molar-refractivity contribution < 1.29 is 14.3 Å². The van der Waals surface area contributed by atoms with Crippen molar-refractivity contribution in [2.45, 2.75) is 6.42 Å². The maximum atomic E-state index is 11.8. The van der Waals surface area contributed by atoms with E-state index in [1.807, 2.05) is 6.07 Å². The fourth-order valence-electron chi connectivity index (χ4n) is 1.74. The second-order valence-electron chi connectivity index (χ2n) is 4.02. The molecule has 0 saturated carbocycles. The Morgan fingerprint density at radius 2 is 2.28 bits per heavy atom. The molecule has 1 atom stereocenters. The SMILES string of the molecule is N#CCOc1ccc(NC(=O)[C@H]2CCOC2)cc1. The average Bonchev–Trinajstić information content (AvgIpc) is 2.92. The van der Waals surface area contributed by atoms with Crippen molar-refractivity contribution in [3.8, 4) is 11.8 Å². The van der Waals surface area contributed by atoms with Gasteiger partial charge in [0, 0.05) is 12.3 Å². The van der Waals surface area contributed by atoms with E-state index in [0.29, 0.717) is 19.0 Å². The zero-order valence-electron chi connectivity index (χ0n) is 9.89. The van der Waals surface area contributed by atoms with Crippen molar-refractivity contribution in [1.29, 1.82) is 5.26 Å². The van der Waals surface area contributed by atoms with Crippen LogP contribution in [0.15, 0.2) is 24.3 Å². The largest absolute Gasteiger partial charge is 0.479 e. The van der Waals surface area contributed by atoms with Gasteiger partial charge < -0.3 is 14.8 Å². The normalized spacial score (nSPS) is 18.1.